The number of hydrogen-bond donors (Lipinski definition) is 2. The van der Waals surface area contributed by atoms with E-state index >= 15 is 0 Å². The molecular formula is C47H41N2OPS. The summed E-state index contributed by atoms with van der Waals surface area (Å²) in [6.45, 7) is 0. The van der Waals surface area contributed by atoms with Gasteiger partial charge in [-0.3, -0.25) is 0 Å². The lowest BCUT2D eigenvalue weighted by molar-refractivity contribution is 0.372. The van der Waals surface area contributed by atoms with E-state index in [-0.39, 0.29) is 11.5 Å². The molecule has 0 unspecified atom stereocenters. The molecule has 256 valence electrons. The first-order valence-electron chi connectivity index (χ1n) is 18.3. The number of ether oxygens (including phenoxy) is 1. The maximum atomic E-state index is 6.31. The summed E-state index contributed by atoms with van der Waals surface area (Å²) in [5.41, 5.74) is 7.58. The Morgan fingerprint density at radius 2 is 1.21 bits per heavy atom. The van der Waals surface area contributed by atoms with Crippen LogP contribution >= 0.6 is 20.1 Å². The van der Waals surface area contributed by atoms with Gasteiger partial charge in [0.05, 0.1) is 13.2 Å². The number of nitrogens with one attached hydrogen (secondary N) is 2. The number of benzene rings is 7. The van der Waals surface area contributed by atoms with Gasteiger partial charge in [0.2, 0.25) is 0 Å². The van der Waals surface area contributed by atoms with E-state index in [0.717, 1.165) is 43.3 Å². The van der Waals surface area contributed by atoms with Gasteiger partial charge in [0.15, 0.2) is 5.11 Å². The number of rotatable bonds is 8. The van der Waals surface area contributed by atoms with Gasteiger partial charge in [-0.05, 0) is 112 Å². The van der Waals surface area contributed by atoms with Gasteiger partial charge in [-0.1, -0.05) is 140 Å². The third-order valence-electron chi connectivity index (χ3n) is 11.3. The molecule has 2 N–H and O–H groups in total. The van der Waals surface area contributed by atoms with Crippen molar-refractivity contribution in [1.82, 2.24) is 5.32 Å². The van der Waals surface area contributed by atoms with Crippen molar-refractivity contribution in [1.29, 1.82) is 0 Å². The molecule has 5 heteroatoms. The number of methoxy groups -OCH3 is 1. The third kappa shape index (κ3) is 5.75. The summed E-state index contributed by atoms with van der Waals surface area (Å²) < 4.78 is 6.22. The number of thiocarbonyl (C=S) groups is 1. The zero-order valence-corrected chi connectivity index (χ0v) is 31.0. The van der Waals surface area contributed by atoms with Crippen LogP contribution in [0.5, 0.6) is 5.75 Å². The Kier molecular flexibility index (Phi) is 8.75. The van der Waals surface area contributed by atoms with Gasteiger partial charge < -0.3 is 15.4 Å². The summed E-state index contributed by atoms with van der Waals surface area (Å²) in [7, 11) is 1.16. The quantitative estimate of drug-likeness (QED) is 0.121. The summed E-state index contributed by atoms with van der Waals surface area (Å²) in [6, 6.07) is 55.1. The van der Waals surface area contributed by atoms with Crippen molar-refractivity contribution >= 4 is 63.1 Å². The number of hydrogen-bond acceptors (Lipinski definition) is 2. The average Bonchev–Trinajstić information content (AvgIpc) is 3.20. The van der Waals surface area contributed by atoms with Crippen molar-refractivity contribution in [3.8, 4) is 5.75 Å². The van der Waals surface area contributed by atoms with Crippen LogP contribution < -0.4 is 26.0 Å². The van der Waals surface area contributed by atoms with E-state index < -0.39 is 7.92 Å². The summed E-state index contributed by atoms with van der Waals surface area (Å²) >= 11 is 6.31. The van der Waals surface area contributed by atoms with Gasteiger partial charge >= 0.3 is 0 Å². The van der Waals surface area contributed by atoms with E-state index in [0.29, 0.717) is 5.11 Å². The molecule has 0 bridgehead atoms. The molecule has 2 aliphatic rings. The minimum absolute atomic E-state index is 0.00413. The zero-order valence-electron chi connectivity index (χ0n) is 29.3. The maximum absolute atomic E-state index is 6.31. The fourth-order valence-electron chi connectivity index (χ4n) is 8.99. The normalized spacial score (nSPS) is 16.6. The topological polar surface area (TPSA) is 33.3 Å². The van der Waals surface area contributed by atoms with Crippen molar-refractivity contribution in [3.05, 3.63) is 179 Å². The molecule has 0 heterocycles. The molecule has 2 atom stereocenters. The van der Waals surface area contributed by atoms with Crippen molar-refractivity contribution < 1.29 is 4.74 Å². The van der Waals surface area contributed by atoms with Gasteiger partial charge in [0.1, 0.15) is 5.75 Å². The Morgan fingerprint density at radius 1 is 0.654 bits per heavy atom. The molecule has 0 saturated carbocycles. The Morgan fingerprint density at radius 3 is 1.81 bits per heavy atom. The molecule has 0 saturated heterocycles. The van der Waals surface area contributed by atoms with Gasteiger partial charge in [-0.2, -0.15) is 0 Å². The van der Waals surface area contributed by atoms with E-state index in [1.807, 2.05) is 7.11 Å². The first-order chi connectivity index (χ1) is 25.6. The second-order valence-corrected chi connectivity index (χ2v) is 16.7. The Balaban J connectivity index is 1.14. The summed E-state index contributed by atoms with van der Waals surface area (Å²) in [5, 5.41) is 16.3. The molecule has 7 aromatic rings. The SMILES string of the molecule is COc1ccc2cccc3c2c1[C@@]1(CCc2cccc4ccc(NC(=S)N[C@@H](CP(c5ccccc5)c5ccccc5)c5ccccc5)c1c24)CC3. The van der Waals surface area contributed by atoms with Crippen LogP contribution in [0.3, 0.4) is 0 Å². The minimum Gasteiger partial charge on any atom is -0.496 e. The first-order valence-corrected chi connectivity index (χ1v) is 20.2. The second-order valence-electron chi connectivity index (χ2n) is 14.1. The van der Waals surface area contributed by atoms with Crippen LogP contribution in [0, 0.1) is 0 Å². The van der Waals surface area contributed by atoms with Crippen LogP contribution in [-0.4, -0.2) is 18.4 Å². The number of aryl methyl sites for hydroxylation is 2. The average molecular weight is 713 g/mol. The molecule has 9 rings (SSSR count). The predicted octanol–water partition coefficient (Wildman–Crippen LogP) is 10.3. The summed E-state index contributed by atoms with van der Waals surface area (Å²) in [4.78, 5) is 0. The van der Waals surface area contributed by atoms with Gasteiger partial charge in [-0.15, -0.1) is 0 Å². The van der Waals surface area contributed by atoms with Crippen molar-refractivity contribution in [2.24, 2.45) is 0 Å². The standard InChI is InChI=1S/C47H41N2OPS/c1-50-41-26-24-34-16-12-18-36-28-30-47(45(41)43(34)36)29-27-35-17-11-15-33-23-25-39(44(47)42(33)35)48-46(52)49-40(32-13-5-2-6-14-32)31-51(37-19-7-3-8-20-37)38-21-9-4-10-22-38/h2-26,40H,27-31H2,1H3,(H2,48,49,52)/t40-,47-/m0/s1. The highest BCUT2D eigenvalue weighted by Gasteiger charge is 2.45. The van der Waals surface area contributed by atoms with E-state index in [4.69, 9.17) is 17.0 Å². The smallest absolute Gasteiger partial charge is 0.171 e. The Bertz CT molecular complexity index is 2370. The Hall–Kier alpha value is -5.02. The van der Waals surface area contributed by atoms with Gasteiger partial charge in [0, 0.05) is 22.8 Å². The van der Waals surface area contributed by atoms with Gasteiger partial charge in [0.25, 0.3) is 0 Å². The van der Waals surface area contributed by atoms with E-state index in [9.17, 15) is 0 Å². The molecule has 0 radical (unpaired) electrons. The highest BCUT2D eigenvalue weighted by atomic mass is 32.1. The number of anilines is 1. The van der Waals surface area contributed by atoms with Crippen molar-refractivity contribution in [3.63, 3.8) is 0 Å². The van der Waals surface area contributed by atoms with Crippen LogP contribution in [0.1, 0.15) is 46.7 Å². The van der Waals surface area contributed by atoms with Gasteiger partial charge in [-0.25, -0.2) is 0 Å². The maximum Gasteiger partial charge on any atom is 0.171 e. The highest BCUT2D eigenvalue weighted by Crippen LogP contribution is 2.57. The van der Waals surface area contributed by atoms with Crippen LogP contribution in [0.25, 0.3) is 21.5 Å². The van der Waals surface area contributed by atoms with E-state index in [2.05, 4.69) is 162 Å². The first kappa shape index (κ1) is 32.9. The summed E-state index contributed by atoms with van der Waals surface area (Å²) in [6.07, 6.45) is 5.00. The fourth-order valence-corrected chi connectivity index (χ4v) is 11.7. The molecule has 52 heavy (non-hydrogen) atoms. The highest BCUT2D eigenvalue weighted by molar-refractivity contribution is 7.80. The number of fused-ring (bicyclic) bond motifs is 2. The van der Waals surface area contributed by atoms with E-state index in [1.165, 1.54) is 60.0 Å². The predicted molar refractivity (Wildman–Crippen MR) is 224 cm³/mol. The lowest BCUT2D eigenvalue weighted by Gasteiger charge is -2.45. The molecule has 3 nitrogen and oxygen atoms in total. The molecule has 0 amide bonds. The molecule has 7 aromatic carbocycles. The minimum atomic E-state index is -0.660. The second kappa shape index (κ2) is 13.8. The zero-order chi connectivity index (χ0) is 35.1. The summed E-state index contributed by atoms with van der Waals surface area (Å²) in [5.74, 6) is 0.974. The Labute approximate surface area is 312 Å². The molecule has 0 aromatic heterocycles. The molecule has 0 aliphatic heterocycles. The van der Waals surface area contributed by atoms with Crippen LogP contribution in [0.4, 0.5) is 5.69 Å². The molecule has 0 fully saturated rings. The molecular weight excluding hydrogens is 672 g/mol. The molecule has 1 spiro atoms. The lowest BCUT2D eigenvalue weighted by atomic mass is 9.59. The monoisotopic (exact) mass is 712 g/mol. The van der Waals surface area contributed by atoms with Crippen molar-refractivity contribution in [2.75, 3.05) is 18.6 Å². The van der Waals surface area contributed by atoms with Crippen LogP contribution in [0.15, 0.2) is 152 Å². The van der Waals surface area contributed by atoms with E-state index in [1.54, 1.807) is 0 Å². The van der Waals surface area contributed by atoms with Crippen molar-refractivity contribution in [2.45, 2.75) is 37.1 Å². The van der Waals surface area contributed by atoms with Crippen LogP contribution in [-0.2, 0) is 18.3 Å². The fraction of sp³-hybridized carbons (Fsp3) is 0.170. The third-order valence-corrected chi connectivity index (χ3v) is 14.1. The lowest BCUT2D eigenvalue weighted by Crippen LogP contribution is -2.38. The van der Waals surface area contributed by atoms with Crippen LogP contribution in [0.2, 0.25) is 0 Å². The molecule has 2 aliphatic carbocycles. The largest absolute Gasteiger partial charge is 0.496 e.